The molecule has 3 nitrogen and oxygen atoms in total. The molecule has 1 aromatic carbocycles. The number of nitrogens with zero attached hydrogens (tertiary/aromatic N) is 2. The lowest BCUT2D eigenvalue weighted by Crippen LogP contribution is -1.96. The first-order valence-electron chi connectivity index (χ1n) is 6.97. The van der Waals surface area contributed by atoms with E-state index in [1.54, 1.807) is 0 Å². The Morgan fingerprint density at radius 1 is 1.14 bits per heavy atom. The molecule has 0 atom stereocenters. The Bertz CT molecular complexity index is 808. The van der Waals surface area contributed by atoms with Gasteiger partial charge in [0.1, 0.15) is 11.4 Å². The van der Waals surface area contributed by atoms with E-state index in [0.717, 1.165) is 32.7 Å². The predicted octanol–water partition coefficient (Wildman–Crippen LogP) is 4.78. The van der Waals surface area contributed by atoms with Crippen molar-refractivity contribution in [1.82, 2.24) is 9.38 Å². The molecule has 0 aliphatic carbocycles. The van der Waals surface area contributed by atoms with Crippen molar-refractivity contribution < 1.29 is 4.74 Å². The SMILES string of the molecule is CCOc1cc(C)c(-c2cn3cc(Br)ccc3n2)cc1C. The van der Waals surface area contributed by atoms with Crippen molar-refractivity contribution in [3.8, 4) is 17.0 Å². The average Bonchev–Trinajstić information content (AvgIpc) is 2.85. The Morgan fingerprint density at radius 3 is 2.71 bits per heavy atom. The van der Waals surface area contributed by atoms with Crippen LogP contribution in [0.25, 0.3) is 16.9 Å². The number of rotatable bonds is 3. The topological polar surface area (TPSA) is 26.5 Å². The van der Waals surface area contributed by atoms with Crippen LogP contribution in [0, 0.1) is 13.8 Å². The van der Waals surface area contributed by atoms with E-state index in [9.17, 15) is 0 Å². The van der Waals surface area contributed by atoms with Crippen LogP contribution in [0.5, 0.6) is 5.75 Å². The number of imidazole rings is 1. The van der Waals surface area contributed by atoms with Gasteiger partial charge in [-0.25, -0.2) is 4.98 Å². The van der Waals surface area contributed by atoms with Crippen LogP contribution >= 0.6 is 15.9 Å². The fourth-order valence-electron chi connectivity index (χ4n) is 2.47. The van der Waals surface area contributed by atoms with Gasteiger partial charge in [0.25, 0.3) is 0 Å². The molecule has 4 heteroatoms. The molecule has 0 bridgehead atoms. The van der Waals surface area contributed by atoms with Crippen LogP contribution in [0.2, 0.25) is 0 Å². The van der Waals surface area contributed by atoms with Crippen molar-refractivity contribution in [2.24, 2.45) is 0 Å². The van der Waals surface area contributed by atoms with Gasteiger partial charge in [-0.15, -0.1) is 0 Å². The molecular formula is C17H17BrN2O. The highest BCUT2D eigenvalue weighted by Gasteiger charge is 2.10. The number of aryl methyl sites for hydroxylation is 2. The van der Waals surface area contributed by atoms with Gasteiger partial charge in [-0.2, -0.15) is 0 Å². The van der Waals surface area contributed by atoms with E-state index in [4.69, 9.17) is 9.72 Å². The summed E-state index contributed by atoms with van der Waals surface area (Å²) in [6, 6.07) is 8.25. The first kappa shape index (κ1) is 14.1. The Hall–Kier alpha value is -1.81. The third-order valence-corrected chi connectivity index (χ3v) is 3.98. The van der Waals surface area contributed by atoms with Crippen LogP contribution in [0.3, 0.4) is 0 Å². The molecule has 0 N–H and O–H groups in total. The van der Waals surface area contributed by atoms with Crippen molar-refractivity contribution in [1.29, 1.82) is 0 Å². The molecule has 0 saturated carbocycles. The molecule has 0 aliphatic rings. The van der Waals surface area contributed by atoms with Crippen LogP contribution in [0.4, 0.5) is 0 Å². The lowest BCUT2D eigenvalue weighted by atomic mass is 10.0. The number of hydrogen-bond donors (Lipinski definition) is 0. The molecule has 0 aliphatic heterocycles. The number of hydrogen-bond acceptors (Lipinski definition) is 2. The van der Waals surface area contributed by atoms with Crippen molar-refractivity contribution in [2.45, 2.75) is 20.8 Å². The smallest absolute Gasteiger partial charge is 0.137 e. The van der Waals surface area contributed by atoms with Crippen LogP contribution in [0.15, 0.2) is 41.1 Å². The van der Waals surface area contributed by atoms with E-state index in [2.05, 4.69) is 48.1 Å². The second-order valence-corrected chi connectivity index (χ2v) is 6.02. The molecule has 108 valence electrons. The maximum atomic E-state index is 5.65. The normalized spacial score (nSPS) is 11.0. The summed E-state index contributed by atoms with van der Waals surface area (Å²) >= 11 is 3.49. The highest BCUT2D eigenvalue weighted by atomic mass is 79.9. The molecule has 0 spiro atoms. The lowest BCUT2D eigenvalue weighted by Gasteiger charge is -2.11. The van der Waals surface area contributed by atoms with E-state index < -0.39 is 0 Å². The zero-order chi connectivity index (χ0) is 15.0. The first-order valence-corrected chi connectivity index (χ1v) is 7.76. The van der Waals surface area contributed by atoms with Gasteiger partial charge in [-0.05, 0) is 72.1 Å². The second kappa shape index (κ2) is 5.53. The highest BCUT2D eigenvalue weighted by molar-refractivity contribution is 9.10. The zero-order valence-corrected chi connectivity index (χ0v) is 13.9. The third kappa shape index (κ3) is 2.68. The Labute approximate surface area is 132 Å². The quantitative estimate of drug-likeness (QED) is 0.683. The summed E-state index contributed by atoms with van der Waals surface area (Å²) in [5, 5.41) is 0. The maximum absolute atomic E-state index is 5.65. The molecule has 2 aromatic heterocycles. The zero-order valence-electron chi connectivity index (χ0n) is 12.4. The van der Waals surface area contributed by atoms with Gasteiger partial charge in [0.15, 0.2) is 0 Å². The molecule has 3 rings (SSSR count). The Balaban J connectivity index is 2.11. The van der Waals surface area contributed by atoms with Gasteiger partial charge in [0, 0.05) is 22.4 Å². The van der Waals surface area contributed by atoms with Crippen molar-refractivity contribution >= 4 is 21.6 Å². The summed E-state index contributed by atoms with van der Waals surface area (Å²) in [6.07, 6.45) is 4.07. The van der Waals surface area contributed by atoms with Gasteiger partial charge < -0.3 is 9.14 Å². The minimum Gasteiger partial charge on any atom is -0.494 e. The molecule has 3 aromatic rings. The summed E-state index contributed by atoms with van der Waals surface area (Å²) in [6.45, 7) is 6.85. The monoisotopic (exact) mass is 344 g/mol. The summed E-state index contributed by atoms with van der Waals surface area (Å²) in [5.41, 5.74) is 5.38. The van der Waals surface area contributed by atoms with Gasteiger partial charge in [-0.3, -0.25) is 0 Å². The predicted molar refractivity (Wildman–Crippen MR) is 89.0 cm³/mol. The van der Waals surface area contributed by atoms with E-state index in [1.165, 1.54) is 5.56 Å². The molecule has 21 heavy (non-hydrogen) atoms. The minimum atomic E-state index is 0.683. The summed E-state index contributed by atoms with van der Waals surface area (Å²) in [4.78, 5) is 4.70. The van der Waals surface area contributed by atoms with E-state index >= 15 is 0 Å². The largest absolute Gasteiger partial charge is 0.494 e. The second-order valence-electron chi connectivity index (χ2n) is 5.10. The fourth-order valence-corrected chi connectivity index (χ4v) is 2.82. The first-order chi connectivity index (χ1) is 10.1. The number of pyridine rings is 1. The standard InChI is InChI=1S/C17H17BrN2O/c1-4-21-16-8-11(2)14(7-12(16)3)15-10-20-9-13(18)5-6-17(20)19-15/h5-10H,4H2,1-3H3. The maximum Gasteiger partial charge on any atom is 0.137 e. The summed E-state index contributed by atoms with van der Waals surface area (Å²) in [5.74, 6) is 0.949. The van der Waals surface area contributed by atoms with Crippen molar-refractivity contribution in [2.75, 3.05) is 6.61 Å². The van der Waals surface area contributed by atoms with E-state index in [0.29, 0.717) is 6.61 Å². The number of halogens is 1. The molecule has 0 fully saturated rings. The summed E-state index contributed by atoms with van der Waals surface area (Å²) < 4.78 is 8.72. The molecule has 0 saturated heterocycles. The Kier molecular flexibility index (Phi) is 3.72. The van der Waals surface area contributed by atoms with Gasteiger partial charge in [0.2, 0.25) is 0 Å². The van der Waals surface area contributed by atoms with Gasteiger partial charge in [0.05, 0.1) is 12.3 Å². The number of aromatic nitrogens is 2. The van der Waals surface area contributed by atoms with Gasteiger partial charge in [-0.1, -0.05) is 0 Å². The van der Waals surface area contributed by atoms with Crippen LogP contribution in [0.1, 0.15) is 18.1 Å². The van der Waals surface area contributed by atoms with Gasteiger partial charge >= 0.3 is 0 Å². The lowest BCUT2D eigenvalue weighted by molar-refractivity contribution is 0.337. The van der Waals surface area contributed by atoms with Crippen LogP contribution in [-0.4, -0.2) is 16.0 Å². The molecule has 2 heterocycles. The van der Waals surface area contributed by atoms with Crippen molar-refractivity contribution in [3.63, 3.8) is 0 Å². The molecule has 0 radical (unpaired) electrons. The Morgan fingerprint density at radius 2 is 1.95 bits per heavy atom. The van der Waals surface area contributed by atoms with E-state index in [-0.39, 0.29) is 0 Å². The van der Waals surface area contributed by atoms with Crippen molar-refractivity contribution in [3.05, 3.63) is 52.3 Å². The van der Waals surface area contributed by atoms with Crippen LogP contribution < -0.4 is 4.74 Å². The number of ether oxygens (including phenoxy) is 1. The molecular weight excluding hydrogens is 328 g/mol. The molecule has 0 amide bonds. The minimum absolute atomic E-state index is 0.683. The summed E-state index contributed by atoms with van der Waals surface area (Å²) in [7, 11) is 0. The van der Waals surface area contributed by atoms with E-state index in [1.807, 2.05) is 29.7 Å². The highest BCUT2D eigenvalue weighted by Crippen LogP contribution is 2.30. The number of benzene rings is 1. The third-order valence-electron chi connectivity index (χ3n) is 3.51. The average molecular weight is 345 g/mol. The molecule has 0 unspecified atom stereocenters. The number of fused-ring (bicyclic) bond motifs is 1. The van der Waals surface area contributed by atoms with Crippen LogP contribution in [-0.2, 0) is 0 Å². The fraction of sp³-hybridized carbons (Fsp3) is 0.235.